The average molecular weight is 406 g/mol. The Bertz CT molecular complexity index is 1010. The monoisotopic (exact) mass is 404 g/mol. The quantitative estimate of drug-likeness (QED) is 0.529. The number of carbonyl (C=O) groups is 1. The number of halogens is 2. The summed E-state index contributed by atoms with van der Waals surface area (Å²) in [6, 6.07) is 11.7. The molecule has 7 heteroatoms. The van der Waals surface area contributed by atoms with Gasteiger partial charge in [0.05, 0.1) is 22.7 Å². The van der Waals surface area contributed by atoms with Crippen LogP contribution in [-0.4, -0.2) is 12.1 Å². The number of amides is 1. The highest BCUT2D eigenvalue weighted by Gasteiger charge is 2.09. The van der Waals surface area contributed by atoms with E-state index in [1.807, 2.05) is 0 Å². The van der Waals surface area contributed by atoms with Crippen molar-refractivity contribution in [2.45, 2.75) is 0 Å². The average Bonchev–Trinajstić information content (AvgIpc) is 2.57. The van der Waals surface area contributed by atoms with E-state index in [9.17, 15) is 9.59 Å². The second-order valence-corrected chi connectivity index (χ2v) is 6.13. The van der Waals surface area contributed by atoms with Crippen LogP contribution in [0.2, 0.25) is 5.02 Å². The molecule has 0 fully saturated rings. The molecule has 3 aromatic rings. The van der Waals surface area contributed by atoms with Crippen LogP contribution in [-0.2, 0) is 0 Å². The maximum atomic E-state index is 12.4. The first-order chi connectivity index (χ1) is 11.6. The predicted molar refractivity (Wildman–Crippen MR) is 96.7 cm³/mol. The standard InChI is InChI=1S/C17H10BrClN2O3/c18-14-4-2-1-3-12(14)17(23)21-20-8-10-9-24-15-6-5-11(19)7-13(15)16(10)22/h1-9H,(H,21,23)/b20-8-. The van der Waals surface area contributed by atoms with E-state index < -0.39 is 5.91 Å². The summed E-state index contributed by atoms with van der Waals surface area (Å²) in [5, 5.41) is 4.60. The van der Waals surface area contributed by atoms with E-state index in [1.165, 1.54) is 18.5 Å². The minimum absolute atomic E-state index is 0.206. The maximum Gasteiger partial charge on any atom is 0.272 e. The Balaban J connectivity index is 1.84. The maximum absolute atomic E-state index is 12.4. The minimum Gasteiger partial charge on any atom is -0.463 e. The van der Waals surface area contributed by atoms with Crippen molar-refractivity contribution in [2.75, 3.05) is 0 Å². The molecule has 2 aromatic carbocycles. The lowest BCUT2D eigenvalue weighted by molar-refractivity contribution is 0.0954. The van der Waals surface area contributed by atoms with Gasteiger partial charge in [-0.1, -0.05) is 23.7 Å². The fraction of sp³-hybridized carbons (Fsp3) is 0. The van der Waals surface area contributed by atoms with Gasteiger partial charge >= 0.3 is 0 Å². The van der Waals surface area contributed by atoms with Crippen LogP contribution < -0.4 is 10.9 Å². The highest BCUT2D eigenvalue weighted by molar-refractivity contribution is 9.10. The van der Waals surface area contributed by atoms with Crippen molar-refractivity contribution in [3.63, 3.8) is 0 Å². The van der Waals surface area contributed by atoms with Gasteiger partial charge in [-0.15, -0.1) is 0 Å². The second kappa shape index (κ2) is 6.98. The number of nitrogens with zero attached hydrogens (tertiary/aromatic N) is 1. The van der Waals surface area contributed by atoms with Gasteiger partial charge in [0.1, 0.15) is 11.8 Å². The third kappa shape index (κ3) is 3.39. The molecule has 0 saturated heterocycles. The summed E-state index contributed by atoms with van der Waals surface area (Å²) in [6.45, 7) is 0. The van der Waals surface area contributed by atoms with Crippen molar-refractivity contribution in [3.8, 4) is 0 Å². The lowest BCUT2D eigenvalue weighted by Crippen LogP contribution is -2.19. The summed E-state index contributed by atoms with van der Waals surface area (Å²) in [4.78, 5) is 24.4. The largest absolute Gasteiger partial charge is 0.463 e. The summed E-state index contributed by atoms with van der Waals surface area (Å²) < 4.78 is 6.02. The third-order valence-corrected chi connectivity index (χ3v) is 4.18. The van der Waals surface area contributed by atoms with E-state index in [0.717, 1.165) is 0 Å². The molecule has 5 nitrogen and oxygen atoms in total. The molecule has 0 unspecified atom stereocenters. The smallest absolute Gasteiger partial charge is 0.272 e. The summed E-state index contributed by atoms with van der Waals surface area (Å²) in [6.07, 6.45) is 2.52. The van der Waals surface area contributed by atoms with Crippen LogP contribution >= 0.6 is 27.5 Å². The Labute approximate surface area is 150 Å². The predicted octanol–water partition coefficient (Wildman–Crippen LogP) is 3.97. The highest BCUT2D eigenvalue weighted by Crippen LogP contribution is 2.17. The van der Waals surface area contributed by atoms with Crippen molar-refractivity contribution in [3.05, 3.63) is 79.6 Å². The summed E-state index contributed by atoms with van der Waals surface area (Å²) in [5.41, 5.74) is 3.16. The van der Waals surface area contributed by atoms with Crippen molar-refractivity contribution < 1.29 is 9.21 Å². The Morgan fingerprint density at radius 1 is 1.25 bits per heavy atom. The van der Waals surface area contributed by atoms with E-state index in [2.05, 4.69) is 26.5 Å². The highest BCUT2D eigenvalue weighted by atomic mass is 79.9. The number of carbonyl (C=O) groups excluding carboxylic acids is 1. The molecule has 1 N–H and O–H groups in total. The van der Waals surface area contributed by atoms with E-state index in [-0.39, 0.29) is 11.0 Å². The van der Waals surface area contributed by atoms with Gasteiger partial charge in [0.25, 0.3) is 5.91 Å². The van der Waals surface area contributed by atoms with Gasteiger partial charge in [-0.2, -0.15) is 5.10 Å². The van der Waals surface area contributed by atoms with Gasteiger partial charge in [0.2, 0.25) is 5.43 Å². The molecular formula is C17H10BrClN2O3. The normalized spacial score (nSPS) is 11.1. The Morgan fingerprint density at radius 2 is 2.04 bits per heavy atom. The molecule has 120 valence electrons. The fourth-order valence-corrected chi connectivity index (χ4v) is 2.71. The van der Waals surface area contributed by atoms with Crippen molar-refractivity contribution in [2.24, 2.45) is 5.10 Å². The number of hydrazone groups is 1. The van der Waals surface area contributed by atoms with Crippen LogP contribution in [0.25, 0.3) is 11.0 Å². The zero-order valence-electron chi connectivity index (χ0n) is 12.1. The molecule has 0 atom stereocenters. The lowest BCUT2D eigenvalue weighted by Gasteiger charge is -2.02. The number of fused-ring (bicyclic) bond motifs is 1. The minimum atomic E-state index is -0.396. The van der Waals surface area contributed by atoms with Gasteiger partial charge in [-0.05, 0) is 46.3 Å². The van der Waals surface area contributed by atoms with Crippen molar-refractivity contribution >= 4 is 50.6 Å². The molecule has 0 aliphatic rings. The van der Waals surface area contributed by atoms with Crippen LogP contribution in [0.15, 0.2) is 67.5 Å². The van der Waals surface area contributed by atoms with E-state index >= 15 is 0 Å². The topological polar surface area (TPSA) is 71.7 Å². The summed E-state index contributed by atoms with van der Waals surface area (Å²) in [7, 11) is 0. The lowest BCUT2D eigenvalue weighted by atomic mass is 10.2. The Kier molecular flexibility index (Phi) is 4.78. The van der Waals surface area contributed by atoms with Crippen LogP contribution in [0.1, 0.15) is 15.9 Å². The van der Waals surface area contributed by atoms with Crippen molar-refractivity contribution in [1.29, 1.82) is 0 Å². The zero-order chi connectivity index (χ0) is 17.1. The van der Waals surface area contributed by atoms with E-state index in [1.54, 1.807) is 36.4 Å². The van der Waals surface area contributed by atoms with Gasteiger partial charge in [0, 0.05) is 9.50 Å². The first-order valence-corrected chi connectivity index (χ1v) is 8.02. The van der Waals surface area contributed by atoms with Gasteiger partial charge < -0.3 is 4.42 Å². The van der Waals surface area contributed by atoms with Gasteiger partial charge in [0.15, 0.2) is 0 Å². The fourth-order valence-electron chi connectivity index (χ4n) is 2.07. The SMILES string of the molecule is O=C(N/N=C\c1coc2ccc(Cl)cc2c1=O)c1ccccc1Br. The number of hydrogen-bond donors (Lipinski definition) is 1. The molecule has 1 amide bonds. The molecule has 0 aliphatic carbocycles. The molecular weight excluding hydrogens is 396 g/mol. The molecule has 0 saturated carbocycles. The zero-order valence-corrected chi connectivity index (χ0v) is 14.5. The van der Waals surface area contributed by atoms with Crippen LogP contribution in [0, 0.1) is 0 Å². The van der Waals surface area contributed by atoms with Gasteiger partial charge in [-0.25, -0.2) is 5.43 Å². The summed E-state index contributed by atoms with van der Waals surface area (Å²) >= 11 is 9.18. The first kappa shape index (κ1) is 16.4. The number of nitrogens with one attached hydrogen (secondary N) is 1. The molecule has 1 aromatic heterocycles. The second-order valence-electron chi connectivity index (χ2n) is 4.84. The molecule has 0 bridgehead atoms. The van der Waals surface area contributed by atoms with Crippen LogP contribution in [0.3, 0.4) is 0 Å². The van der Waals surface area contributed by atoms with Gasteiger partial charge in [-0.3, -0.25) is 9.59 Å². The van der Waals surface area contributed by atoms with Crippen molar-refractivity contribution in [1.82, 2.24) is 5.43 Å². The van der Waals surface area contributed by atoms with Crippen LogP contribution in [0.4, 0.5) is 0 Å². The Morgan fingerprint density at radius 3 is 2.83 bits per heavy atom. The molecule has 24 heavy (non-hydrogen) atoms. The molecule has 0 aliphatic heterocycles. The number of rotatable bonds is 3. The molecule has 3 rings (SSSR count). The number of hydrogen-bond acceptors (Lipinski definition) is 4. The summed E-state index contributed by atoms with van der Waals surface area (Å²) in [5.74, 6) is -0.396. The Hall–Kier alpha value is -2.44. The molecule has 0 radical (unpaired) electrons. The first-order valence-electron chi connectivity index (χ1n) is 6.85. The van der Waals surface area contributed by atoms with E-state index in [4.69, 9.17) is 16.0 Å². The van der Waals surface area contributed by atoms with E-state index in [0.29, 0.717) is 26.0 Å². The molecule has 0 spiro atoms. The van der Waals surface area contributed by atoms with Crippen LogP contribution in [0.5, 0.6) is 0 Å². The molecule has 1 heterocycles. The third-order valence-electron chi connectivity index (χ3n) is 3.25. The number of benzene rings is 2.